The van der Waals surface area contributed by atoms with Gasteiger partial charge in [0.2, 0.25) is 5.91 Å². The Hall–Kier alpha value is -2.93. The molecule has 1 fully saturated rings. The number of carbonyl (C=O) groups is 2. The highest BCUT2D eigenvalue weighted by molar-refractivity contribution is 6.34. The third kappa shape index (κ3) is 3.84. The van der Waals surface area contributed by atoms with Crippen LogP contribution in [0.1, 0.15) is 41.7 Å². The fraction of sp³-hybridized carbons (Fsp3) is 0.300. The average Bonchev–Trinajstić information content (AvgIpc) is 3.12. The quantitative estimate of drug-likeness (QED) is 0.555. The van der Waals surface area contributed by atoms with Gasteiger partial charge in [0, 0.05) is 37.7 Å². The van der Waals surface area contributed by atoms with Crippen molar-refractivity contribution in [1.29, 1.82) is 0 Å². The number of benzene rings is 2. The van der Waals surface area contributed by atoms with E-state index in [1.54, 1.807) is 49.2 Å². The first-order valence-electron chi connectivity index (χ1n) is 8.91. The summed E-state index contributed by atoms with van der Waals surface area (Å²) in [5, 5.41) is 11.4. The molecule has 0 aromatic heterocycles. The first kappa shape index (κ1) is 19.8. The number of hydrogen-bond donors (Lipinski definition) is 0. The summed E-state index contributed by atoms with van der Waals surface area (Å²) in [6.45, 7) is 2.38. The van der Waals surface area contributed by atoms with Gasteiger partial charge in [-0.2, -0.15) is 0 Å². The molecule has 0 radical (unpaired) electrons. The van der Waals surface area contributed by atoms with Gasteiger partial charge in [0.25, 0.3) is 11.6 Å². The molecule has 146 valence electrons. The minimum Gasteiger partial charge on any atom is -0.335 e. The molecule has 1 saturated heterocycles. The van der Waals surface area contributed by atoms with Crippen LogP contribution >= 0.6 is 11.6 Å². The van der Waals surface area contributed by atoms with E-state index in [1.807, 2.05) is 0 Å². The van der Waals surface area contributed by atoms with E-state index >= 15 is 0 Å². The lowest BCUT2D eigenvalue weighted by Crippen LogP contribution is -2.30. The topological polar surface area (TPSA) is 83.8 Å². The molecular formula is C20H20ClN3O4. The Bertz CT molecular complexity index is 947. The van der Waals surface area contributed by atoms with E-state index in [2.05, 4.69) is 0 Å². The molecule has 28 heavy (non-hydrogen) atoms. The van der Waals surface area contributed by atoms with Crippen molar-refractivity contribution in [3.8, 4) is 0 Å². The minimum atomic E-state index is -0.462. The summed E-state index contributed by atoms with van der Waals surface area (Å²) in [7, 11) is 1.64. The fourth-order valence-electron chi connectivity index (χ4n) is 3.26. The molecule has 0 N–H and O–H groups in total. The van der Waals surface area contributed by atoms with Gasteiger partial charge >= 0.3 is 0 Å². The lowest BCUT2D eigenvalue weighted by molar-refractivity contribution is -0.384. The summed E-state index contributed by atoms with van der Waals surface area (Å²) < 4.78 is 0. The first-order valence-corrected chi connectivity index (χ1v) is 9.29. The van der Waals surface area contributed by atoms with E-state index in [9.17, 15) is 19.7 Å². The number of nitrogens with zero attached hydrogens (tertiary/aromatic N) is 3. The molecule has 1 unspecified atom stereocenters. The van der Waals surface area contributed by atoms with E-state index in [0.717, 1.165) is 6.42 Å². The Morgan fingerprint density at radius 2 is 2.04 bits per heavy atom. The number of hydrogen-bond acceptors (Lipinski definition) is 4. The number of halogens is 1. The minimum absolute atomic E-state index is 0.00943. The standard InChI is InChI=1S/C20H20ClN3O4/c1-13(14-5-3-6-16(11-14)24(27)28)22(2)20(26)15-8-9-17(21)18(12-15)23-10-4-7-19(23)25/h3,5-6,8-9,11-13H,4,7,10H2,1-2H3. The Morgan fingerprint density at radius 3 is 2.68 bits per heavy atom. The molecule has 1 atom stereocenters. The Balaban J connectivity index is 1.86. The molecule has 1 aliphatic rings. The molecule has 2 aromatic rings. The lowest BCUT2D eigenvalue weighted by atomic mass is 10.1. The molecule has 0 aliphatic carbocycles. The molecular weight excluding hydrogens is 382 g/mol. The second kappa shape index (κ2) is 7.98. The molecule has 2 aromatic carbocycles. The monoisotopic (exact) mass is 401 g/mol. The number of rotatable bonds is 5. The zero-order valence-corrected chi connectivity index (χ0v) is 16.3. The summed E-state index contributed by atoms with van der Waals surface area (Å²) >= 11 is 6.25. The summed E-state index contributed by atoms with van der Waals surface area (Å²) in [5.41, 5.74) is 1.57. The third-order valence-electron chi connectivity index (χ3n) is 5.02. The van der Waals surface area contributed by atoms with Gasteiger partial charge < -0.3 is 9.80 Å². The van der Waals surface area contributed by atoms with Crippen LogP contribution < -0.4 is 4.90 Å². The van der Waals surface area contributed by atoms with Crippen LogP contribution in [0.5, 0.6) is 0 Å². The van der Waals surface area contributed by atoms with Crippen LogP contribution in [0.15, 0.2) is 42.5 Å². The highest BCUT2D eigenvalue weighted by atomic mass is 35.5. The lowest BCUT2D eigenvalue weighted by Gasteiger charge is -2.26. The molecule has 1 aliphatic heterocycles. The highest BCUT2D eigenvalue weighted by Crippen LogP contribution is 2.31. The number of amides is 2. The van der Waals surface area contributed by atoms with Crippen molar-refractivity contribution in [1.82, 2.24) is 4.90 Å². The van der Waals surface area contributed by atoms with Gasteiger partial charge in [-0.25, -0.2) is 0 Å². The molecule has 0 saturated carbocycles. The smallest absolute Gasteiger partial charge is 0.269 e. The largest absolute Gasteiger partial charge is 0.335 e. The molecule has 3 rings (SSSR count). The van der Waals surface area contributed by atoms with Gasteiger partial charge in [-0.3, -0.25) is 19.7 Å². The molecule has 0 bridgehead atoms. The number of carbonyl (C=O) groups excluding carboxylic acids is 2. The normalized spacial score (nSPS) is 14.8. The molecule has 8 heteroatoms. The summed E-state index contributed by atoms with van der Waals surface area (Å²) in [6.07, 6.45) is 1.23. The summed E-state index contributed by atoms with van der Waals surface area (Å²) in [4.78, 5) is 38.7. The maximum absolute atomic E-state index is 13.0. The Morgan fingerprint density at radius 1 is 1.29 bits per heavy atom. The summed E-state index contributed by atoms with van der Waals surface area (Å²) in [5.74, 6) is -0.270. The molecule has 2 amide bonds. The van der Waals surface area contributed by atoms with Crippen LogP contribution in [0, 0.1) is 10.1 Å². The first-order chi connectivity index (χ1) is 13.3. The van der Waals surface area contributed by atoms with Gasteiger partial charge in [-0.05, 0) is 37.1 Å². The second-order valence-corrected chi connectivity index (χ2v) is 7.17. The van der Waals surface area contributed by atoms with Crippen molar-refractivity contribution in [3.63, 3.8) is 0 Å². The Kier molecular flexibility index (Phi) is 5.65. The van der Waals surface area contributed by atoms with Crippen molar-refractivity contribution in [2.75, 3.05) is 18.5 Å². The zero-order chi connectivity index (χ0) is 20.4. The van der Waals surface area contributed by atoms with Crippen molar-refractivity contribution < 1.29 is 14.5 Å². The van der Waals surface area contributed by atoms with Gasteiger partial charge in [0.05, 0.1) is 21.7 Å². The van der Waals surface area contributed by atoms with E-state index in [4.69, 9.17) is 11.6 Å². The van der Waals surface area contributed by atoms with Crippen LogP contribution in [-0.4, -0.2) is 35.2 Å². The van der Waals surface area contributed by atoms with Crippen LogP contribution in [-0.2, 0) is 4.79 Å². The predicted molar refractivity (Wildman–Crippen MR) is 107 cm³/mol. The van der Waals surface area contributed by atoms with E-state index in [0.29, 0.717) is 34.8 Å². The highest BCUT2D eigenvalue weighted by Gasteiger charge is 2.26. The van der Waals surface area contributed by atoms with Crippen LogP contribution in [0.4, 0.5) is 11.4 Å². The van der Waals surface area contributed by atoms with Crippen LogP contribution in [0.2, 0.25) is 5.02 Å². The molecule has 0 spiro atoms. The summed E-state index contributed by atoms with van der Waals surface area (Å²) in [6, 6.07) is 10.7. The van der Waals surface area contributed by atoms with Crippen molar-refractivity contribution >= 4 is 34.8 Å². The predicted octanol–water partition coefficient (Wildman–Crippen LogP) is 4.21. The molecule has 1 heterocycles. The van der Waals surface area contributed by atoms with E-state index in [-0.39, 0.29) is 23.5 Å². The van der Waals surface area contributed by atoms with Gasteiger partial charge in [-0.1, -0.05) is 23.7 Å². The number of nitro groups is 1. The van der Waals surface area contributed by atoms with Crippen LogP contribution in [0.3, 0.4) is 0 Å². The molecule has 7 nitrogen and oxygen atoms in total. The second-order valence-electron chi connectivity index (χ2n) is 6.76. The van der Waals surface area contributed by atoms with Gasteiger partial charge in [0.15, 0.2) is 0 Å². The maximum atomic E-state index is 13.0. The Labute approximate surface area is 167 Å². The van der Waals surface area contributed by atoms with Crippen molar-refractivity contribution in [3.05, 3.63) is 68.7 Å². The SMILES string of the molecule is CC(c1cccc([N+](=O)[O-])c1)N(C)C(=O)c1ccc(Cl)c(N2CCCC2=O)c1. The van der Waals surface area contributed by atoms with Gasteiger partial charge in [0.1, 0.15) is 0 Å². The fourth-order valence-corrected chi connectivity index (χ4v) is 3.48. The maximum Gasteiger partial charge on any atom is 0.269 e. The van der Waals surface area contributed by atoms with Crippen molar-refractivity contribution in [2.45, 2.75) is 25.8 Å². The third-order valence-corrected chi connectivity index (χ3v) is 5.34. The average molecular weight is 402 g/mol. The number of non-ortho nitro benzene ring substituents is 1. The van der Waals surface area contributed by atoms with Crippen molar-refractivity contribution in [2.24, 2.45) is 0 Å². The van der Waals surface area contributed by atoms with E-state index < -0.39 is 4.92 Å². The van der Waals surface area contributed by atoms with Gasteiger partial charge in [-0.15, -0.1) is 0 Å². The zero-order valence-electron chi connectivity index (χ0n) is 15.6. The number of nitro benzene ring substituents is 1. The van der Waals surface area contributed by atoms with Crippen LogP contribution in [0.25, 0.3) is 0 Å². The van der Waals surface area contributed by atoms with E-state index in [1.165, 1.54) is 17.0 Å². The number of anilines is 1.